The minimum absolute atomic E-state index is 0.217. The summed E-state index contributed by atoms with van der Waals surface area (Å²) in [6.45, 7) is 2.21. The lowest BCUT2D eigenvalue weighted by Gasteiger charge is -2.16. The van der Waals surface area contributed by atoms with Gasteiger partial charge in [-0.3, -0.25) is 18.9 Å². The third-order valence-corrected chi connectivity index (χ3v) is 7.96. The number of anilines is 1. The normalized spacial score (nSPS) is 17.9. The number of carbonyl (C=O) groups is 1. The van der Waals surface area contributed by atoms with Crippen LogP contribution in [0, 0.1) is 6.92 Å². The van der Waals surface area contributed by atoms with Crippen LogP contribution >= 0.6 is 35.6 Å². The van der Waals surface area contributed by atoms with Crippen LogP contribution in [0.5, 0.6) is 0 Å². The van der Waals surface area contributed by atoms with Gasteiger partial charge in [-0.25, -0.2) is 4.98 Å². The molecule has 1 saturated carbocycles. The number of halogens is 1. The Hall–Kier alpha value is -2.68. The average Bonchev–Trinajstić information content (AvgIpc) is 3.42. The number of hydrogen-bond acceptors (Lipinski definition) is 6. The molecule has 2 aliphatic rings. The summed E-state index contributed by atoms with van der Waals surface area (Å²) >= 11 is 13.0. The lowest BCUT2D eigenvalue weighted by molar-refractivity contribution is -0.122. The predicted molar refractivity (Wildman–Crippen MR) is 142 cm³/mol. The van der Waals surface area contributed by atoms with Crippen LogP contribution < -0.4 is 10.9 Å². The van der Waals surface area contributed by atoms with E-state index in [2.05, 4.69) is 5.32 Å². The zero-order valence-corrected chi connectivity index (χ0v) is 21.0. The third-order valence-electron chi connectivity index (χ3n) is 6.22. The molecule has 1 N–H and O–H groups in total. The number of pyridine rings is 1. The molecular formula is C25H23ClN4O2S2. The van der Waals surface area contributed by atoms with E-state index in [-0.39, 0.29) is 24.1 Å². The summed E-state index contributed by atoms with van der Waals surface area (Å²) in [4.78, 5) is 33.5. The van der Waals surface area contributed by atoms with Crippen molar-refractivity contribution >= 4 is 63.3 Å². The van der Waals surface area contributed by atoms with Gasteiger partial charge in [-0.15, -0.1) is 0 Å². The van der Waals surface area contributed by atoms with Crippen molar-refractivity contribution in [3.05, 3.63) is 79.6 Å². The van der Waals surface area contributed by atoms with Crippen molar-refractivity contribution in [1.29, 1.82) is 0 Å². The largest absolute Gasteiger partial charge is 0.367 e. The minimum Gasteiger partial charge on any atom is -0.367 e. The molecule has 174 valence electrons. The van der Waals surface area contributed by atoms with Crippen LogP contribution in [0.4, 0.5) is 5.82 Å². The van der Waals surface area contributed by atoms with Gasteiger partial charge in [0.15, 0.2) is 0 Å². The summed E-state index contributed by atoms with van der Waals surface area (Å²) in [5.41, 5.74) is 2.48. The van der Waals surface area contributed by atoms with Gasteiger partial charge in [-0.1, -0.05) is 72.7 Å². The molecular weight excluding hydrogens is 488 g/mol. The van der Waals surface area contributed by atoms with E-state index >= 15 is 0 Å². The van der Waals surface area contributed by atoms with Crippen LogP contribution in [0.3, 0.4) is 0 Å². The van der Waals surface area contributed by atoms with E-state index in [4.69, 9.17) is 28.8 Å². The van der Waals surface area contributed by atoms with E-state index in [1.165, 1.54) is 21.1 Å². The zero-order valence-electron chi connectivity index (χ0n) is 18.6. The maximum Gasteiger partial charge on any atom is 0.267 e. The van der Waals surface area contributed by atoms with Crippen LogP contribution in [-0.4, -0.2) is 30.6 Å². The van der Waals surface area contributed by atoms with E-state index in [0.717, 1.165) is 36.8 Å². The summed E-state index contributed by atoms with van der Waals surface area (Å²) in [7, 11) is 0. The Morgan fingerprint density at radius 2 is 1.97 bits per heavy atom. The molecule has 9 heteroatoms. The van der Waals surface area contributed by atoms with Gasteiger partial charge in [0.1, 0.15) is 15.8 Å². The Morgan fingerprint density at radius 3 is 2.74 bits per heavy atom. The molecule has 3 heterocycles. The first-order valence-corrected chi connectivity index (χ1v) is 12.8. The number of benzene rings is 1. The van der Waals surface area contributed by atoms with Crippen LogP contribution in [0.25, 0.3) is 11.7 Å². The molecule has 1 amide bonds. The summed E-state index contributed by atoms with van der Waals surface area (Å²) in [5, 5.41) is 4.05. The summed E-state index contributed by atoms with van der Waals surface area (Å²) < 4.78 is 1.97. The Bertz CT molecular complexity index is 1400. The van der Waals surface area contributed by atoms with Crippen molar-refractivity contribution in [2.24, 2.45) is 0 Å². The molecule has 34 heavy (non-hydrogen) atoms. The molecule has 1 aliphatic heterocycles. The highest BCUT2D eigenvalue weighted by atomic mass is 35.5. The van der Waals surface area contributed by atoms with E-state index < -0.39 is 0 Å². The Labute approximate surface area is 212 Å². The summed E-state index contributed by atoms with van der Waals surface area (Å²) in [6.07, 6.45) is 7.71. The van der Waals surface area contributed by atoms with Crippen molar-refractivity contribution in [3.8, 4) is 0 Å². The number of aryl methyl sites for hydroxylation is 1. The smallest absolute Gasteiger partial charge is 0.267 e. The number of amides is 1. The molecule has 3 aromatic rings. The van der Waals surface area contributed by atoms with Crippen LogP contribution in [0.1, 0.15) is 42.4 Å². The number of thioether (sulfide) groups is 1. The van der Waals surface area contributed by atoms with Gasteiger partial charge >= 0.3 is 0 Å². The highest BCUT2D eigenvalue weighted by Gasteiger charge is 2.33. The number of carbonyl (C=O) groups excluding carboxylic acids is 1. The first kappa shape index (κ1) is 23.1. The van der Waals surface area contributed by atoms with Gasteiger partial charge < -0.3 is 5.32 Å². The lowest BCUT2D eigenvalue weighted by Crippen LogP contribution is -2.28. The van der Waals surface area contributed by atoms with E-state index in [1.54, 1.807) is 18.3 Å². The molecule has 2 aromatic heterocycles. The lowest BCUT2D eigenvalue weighted by atomic mass is 10.2. The average molecular weight is 511 g/mol. The van der Waals surface area contributed by atoms with Gasteiger partial charge in [0.05, 0.1) is 17.0 Å². The van der Waals surface area contributed by atoms with Gasteiger partial charge in [0.25, 0.3) is 11.5 Å². The SMILES string of the molecule is Cc1cccn2c(=O)c(C=C3SC(=S)N(Cc4ccccc4Cl)C3=O)c(NC3CCCC3)nc12. The summed E-state index contributed by atoms with van der Waals surface area (Å²) in [6, 6.07) is 11.4. The van der Waals surface area contributed by atoms with Crippen LogP contribution in [-0.2, 0) is 11.3 Å². The second-order valence-electron chi connectivity index (χ2n) is 8.55. The Balaban J connectivity index is 1.55. The number of thiocarbonyl (C=S) groups is 1. The van der Waals surface area contributed by atoms with Crippen LogP contribution in [0.15, 0.2) is 52.3 Å². The van der Waals surface area contributed by atoms with Crippen molar-refractivity contribution in [3.63, 3.8) is 0 Å². The Morgan fingerprint density at radius 1 is 1.21 bits per heavy atom. The second-order valence-corrected chi connectivity index (χ2v) is 10.6. The number of fused-ring (bicyclic) bond motifs is 1. The molecule has 1 aromatic carbocycles. The molecule has 1 saturated heterocycles. The molecule has 2 fully saturated rings. The number of aromatic nitrogens is 2. The fourth-order valence-corrected chi connectivity index (χ4v) is 5.81. The highest BCUT2D eigenvalue weighted by Crippen LogP contribution is 2.35. The standard InChI is InChI=1S/C25H23ClN4O2S2/c1-15-7-6-12-29-22(15)28-21(27-17-9-3-4-10-17)18(23(29)31)13-20-24(32)30(25(33)34-20)14-16-8-2-5-11-19(16)26/h2,5-8,11-13,17,27H,3-4,9-10,14H2,1H3. The maximum atomic E-state index is 13.5. The zero-order chi connectivity index (χ0) is 23.8. The molecule has 6 nitrogen and oxygen atoms in total. The Kier molecular flexibility index (Phi) is 6.46. The van der Waals surface area contributed by atoms with Crippen molar-refractivity contribution in [2.45, 2.75) is 45.2 Å². The number of hydrogen-bond donors (Lipinski definition) is 1. The molecule has 0 spiro atoms. The molecule has 0 radical (unpaired) electrons. The molecule has 5 rings (SSSR count). The second kappa shape index (κ2) is 9.52. The van der Waals surface area contributed by atoms with E-state index in [0.29, 0.717) is 31.3 Å². The predicted octanol–water partition coefficient (Wildman–Crippen LogP) is 5.41. The number of rotatable bonds is 5. The van der Waals surface area contributed by atoms with Gasteiger partial charge in [-0.05, 0) is 49.1 Å². The van der Waals surface area contributed by atoms with Crippen molar-refractivity contribution < 1.29 is 4.79 Å². The van der Waals surface area contributed by atoms with Gasteiger partial charge in [-0.2, -0.15) is 0 Å². The molecule has 0 atom stereocenters. The van der Waals surface area contributed by atoms with Crippen LogP contribution in [0.2, 0.25) is 5.02 Å². The minimum atomic E-state index is -0.240. The molecule has 0 unspecified atom stereocenters. The van der Waals surface area contributed by atoms with Crippen molar-refractivity contribution in [1.82, 2.24) is 14.3 Å². The quantitative estimate of drug-likeness (QED) is 0.365. The van der Waals surface area contributed by atoms with Crippen molar-refractivity contribution in [2.75, 3.05) is 5.32 Å². The van der Waals surface area contributed by atoms with E-state index in [1.807, 2.05) is 37.3 Å². The molecule has 1 aliphatic carbocycles. The summed E-state index contributed by atoms with van der Waals surface area (Å²) in [5.74, 6) is 0.276. The number of nitrogens with one attached hydrogen (secondary N) is 1. The maximum absolute atomic E-state index is 13.5. The third kappa shape index (κ3) is 4.37. The molecule has 0 bridgehead atoms. The fourth-order valence-electron chi connectivity index (χ4n) is 4.38. The highest BCUT2D eigenvalue weighted by molar-refractivity contribution is 8.26. The van der Waals surface area contributed by atoms with Gasteiger partial charge in [0, 0.05) is 17.3 Å². The fraction of sp³-hybridized carbons (Fsp3) is 0.280. The topological polar surface area (TPSA) is 66.7 Å². The van der Waals surface area contributed by atoms with E-state index in [9.17, 15) is 9.59 Å². The number of nitrogens with zero attached hydrogens (tertiary/aromatic N) is 3. The van der Waals surface area contributed by atoms with Gasteiger partial charge in [0.2, 0.25) is 0 Å². The monoisotopic (exact) mass is 510 g/mol. The first-order valence-electron chi connectivity index (χ1n) is 11.2. The first-order chi connectivity index (χ1) is 16.4.